The van der Waals surface area contributed by atoms with Gasteiger partial charge in [-0.1, -0.05) is 30.3 Å². The summed E-state index contributed by atoms with van der Waals surface area (Å²) in [5.74, 6) is 0.0386. The molecule has 9 heteroatoms. The standard InChI is InChI=1S/C24H31N3O5S/c1-5-32-24(30)21-16(4)20-22(29)25-19(26-23(20)33-21)12-27(15(2)3)11-18(28)14-31-13-17-9-7-6-8-10-17/h6-10,15,18,28H,5,11-14H2,1-4H3,(H,25,26,29)/t18-/m0/s1. The smallest absolute Gasteiger partial charge is 0.348 e. The number of benzene rings is 1. The third-order valence-electron chi connectivity index (χ3n) is 5.26. The highest BCUT2D eigenvalue weighted by Gasteiger charge is 2.22. The number of aromatic nitrogens is 2. The van der Waals surface area contributed by atoms with E-state index in [0.29, 0.717) is 46.2 Å². The first-order valence-corrected chi connectivity index (χ1v) is 11.8. The Kier molecular flexibility index (Phi) is 8.74. The molecule has 0 bridgehead atoms. The molecular formula is C24H31N3O5S. The van der Waals surface area contributed by atoms with Crippen LogP contribution in [0.5, 0.6) is 0 Å². The van der Waals surface area contributed by atoms with E-state index in [1.807, 2.05) is 49.1 Å². The molecular weight excluding hydrogens is 442 g/mol. The summed E-state index contributed by atoms with van der Waals surface area (Å²) in [4.78, 5) is 35.3. The minimum atomic E-state index is -0.689. The van der Waals surface area contributed by atoms with Crippen molar-refractivity contribution in [2.75, 3.05) is 19.8 Å². The van der Waals surface area contributed by atoms with Crippen molar-refractivity contribution in [1.82, 2.24) is 14.9 Å². The first kappa shape index (κ1) is 25.0. The number of aryl methyl sites for hydroxylation is 1. The van der Waals surface area contributed by atoms with E-state index in [9.17, 15) is 14.7 Å². The third kappa shape index (κ3) is 6.48. The van der Waals surface area contributed by atoms with E-state index >= 15 is 0 Å². The Morgan fingerprint density at radius 2 is 2.00 bits per heavy atom. The molecule has 0 amide bonds. The van der Waals surface area contributed by atoms with Crippen LogP contribution in [0.15, 0.2) is 35.1 Å². The number of rotatable bonds is 11. The van der Waals surface area contributed by atoms with Crippen LogP contribution in [0.2, 0.25) is 0 Å². The van der Waals surface area contributed by atoms with Crippen LogP contribution in [0.3, 0.4) is 0 Å². The molecule has 0 unspecified atom stereocenters. The average molecular weight is 474 g/mol. The molecule has 1 atom stereocenters. The number of hydrogen-bond acceptors (Lipinski definition) is 8. The zero-order valence-electron chi connectivity index (χ0n) is 19.5. The molecule has 33 heavy (non-hydrogen) atoms. The number of aliphatic hydroxyl groups is 1. The van der Waals surface area contributed by atoms with Crippen LogP contribution in [0.25, 0.3) is 10.2 Å². The Balaban J connectivity index is 1.68. The fraction of sp³-hybridized carbons (Fsp3) is 0.458. The lowest BCUT2D eigenvalue weighted by molar-refractivity contribution is 0.00267. The number of nitrogens with zero attached hydrogens (tertiary/aromatic N) is 2. The molecule has 0 aliphatic carbocycles. The van der Waals surface area contributed by atoms with E-state index in [4.69, 9.17) is 9.47 Å². The van der Waals surface area contributed by atoms with Gasteiger partial charge in [-0.2, -0.15) is 0 Å². The zero-order valence-corrected chi connectivity index (χ0v) is 20.3. The summed E-state index contributed by atoms with van der Waals surface area (Å²) in [6.07, 6.45) is -0.689. The molecule has 1 aromatic carbocycles. The normalized spacial score (nSPS) is 12.6. The summed E-state index contributed by atoms with van der Waals surface area (Å²) < 4.78 is 10.7. The number of aromatic amines is 1. The van der Waals surface area contributed by atoms with Crippen molar-refractivity contribution in [2.45, 2.75) is 53.0 Å². The van der Waals surface area contributed by atoms with Crippen molar-refractivity contribution in [2.24, 2.45) is 0 Å². The summed E-state index contributed by atoms with van der Waals surface area (Å²) in [7, 11) is 0. The number of esters is 1. The van der Waals surface area contributed by atoms with Gasteiger partial charge in [-0.05, 0) is 38.8 Å². The van der Waals surface area contributed by atoms with Crippen LogP contribution in [-0.4, -0.2) is 57.8 Å². The highest BCUT2D eigenvalue weighted by Crippen LogP contribution is 2.27. The Labute approximate surface area is 197 Å². The topological polar surface area (TPSA) is 105 Å². The lowest BCUT2D eigenvalue weighted by Crippen LogP contribution is -2.39. The molecule has 0 fully saturated rings. The zero-order chi connectivity index (χ0) is 24.0. The van der Waals surface area contributed by atoms with E-state index < -0.39 is 12.1 Å². The second-order valence-corrected chi connectivity index (χ2v) is 9.15. The summed E-state index contributed by atoms with van der Waals surface area (Å²) >= 11 is 1.17. The van der Waals surface area contributed by atoms with Crippen LogP contribution in [-0.2, 0) is 22.6 Å². The van der Waals surface area contributed by atoms with Crippen LogP contribution < -0.4 is 5.56 Å². The second kappa shape index (κ2) is 11.5. The maximum atomic E-state index is 12.7. The molecule has 2 heterocycles. The number of nitrogens with one attached hydrogen (secondary N) is 1. The highest BCUT2D eigenvalue weighted by atomic mass is 32.1. The Morgan fingerprint density at radius 3 is 2.67 bits per heavy atom. The molecule has 0 saturated heterocycles. The van der Waals surface area contributed by atoms with Crippen LogP contribution in [0.4, 0.5) is 0 Å². The minimum absolute atomic E-state index is 0.106. The SMILES string of the molecule is CCOC(=O)c1sc2nc(CN(C[C@H](O)COCc3ccccc3)C(C)C)[nH]c(=O)c2c1C. The van der Waals surface area contributed by atoms with Crippen molar-refractivity contribution in [3.8, 4) is 0 Å². The molecule has 0 aliphatic heterocycles. The summed E-state index contributed by atoms with van der Waals surface area (Å²) in [6, 6.07) is 9.91. The average Bonchev–Trinajstić information content (AvgIpc) is 3.11. The third-order valence-corrected chi connectivity index (χ3v) is 6.43. The summed E-state index contributed by atoms with van der Waals surface area (Å²) in [5.41, 5.74) is 1.35. The molecule has 3 rings (SSSR count). The molecule has 0 aliphatic rings. The van der Waals surface area contributed by atoms with Crippen molar-refractivity contribution in [3.05, 3.63) is 62.5 Å². The first-order chi connectivity index (χ1) is 15.8. The summed E-state index contributed by atoms with van der Waals surface area (Å²) in [6.45, 7) is 9.13. The molecule has 0 radical (unpaired) electrons. The lowest BCUT2D eigenvalue weighted by atomic mass is 10.2. The Bertz CT molecular complexity index is 1130. The van der Waals surface area contributed by atoms with E-state index in [-0.39, 0.29) is 24.8 Å². The number of aliphatic hydroxyl groups excluding tert-OH is 1. The predicted octanol–water partition coefficient (Wildman–Crippen LogP) is 3.26. The van der Waals surface area contributed by atoms with Gasteiger partial charge in [-0.3, -0.25) is 9.69 Å². The number of ether oxygens (including phenoxy) is 2. The van der Waals surface area contributed by atoms with Gasteiger partial charge in [-0.15, -0.1) is 11.3 Å². The van der Waals surface area contributed by atoms with Crippen LogP contribution in [0.1, 0.15) is 47.4 Å². The Morgan fingerprint density at radius 1 is 1.27 bits per heavy atom. The van der Waals surface area contributed by atoms with E-state index in [2.05, 4.69) is 9.97 Å². The van der Waals surface area contributed by atoms with Gasteiger partial charge < -0.3 is 19.6 Å². The number of carbonyl (C=O) groups excluding carboxylic acids is 1. The molecule has 8 nitrogen and oxygen atoms in total. The van der Waals surface area contributed by atoms with E-state index in [0.717, 1.165) is 5.56 Å². The van der Waals surface area contributed by atoms with Gasteiger partial charge in [0.2, 0.25) is 0 Å². The fourth-order valence-electron chi connectivity index (χ4n) is 3.52. The largest absolute Gasteiger partial charge is 0.462 e. The second-order valence-electron chi connectivity index (χ2n) is 8.15. The molecule has 2 N–H and O–H groups in total. The maximum absolute atomic E-state index is 12.7. The van der Waals surface area contributed by atoms with E-state index in [1.54, 1.807) is 13.8 Å². The number of hydrogen-bond donors (Lipinski definition) is 2. The van der Waals surface area contributed by atoms with Crippen molar-refractivity contribution in [3.63, 3.8) is 0 Å². The van der Waals surface area contributed by atoms with E-state index in [1.165, 1.54) is 11.3 Å². The van der Waals surface area contributed by atoms with Crippen LogP contribution >= 0.6 is 11.3 Å². The van der Waals surface area contributed by atoms with Gasteiger partial charge in [0.05, 0.1) is 37.9 Å². The molecule has 3 aromatic rings. The molecule has 0 spiro atoms. The highest BCUT2D eigenvalue weighted by molar-refractivity contribution is 7.20. The predicted molar refractivity (Wildman–Crippen MR) is 129 cm³/mol. The van der Waals surface area contributed by atoms with Gasteiger partial charge in [0.15, 0.2) is 0 Å². The van der Waals surface area contributed by atoms with Crippen LogP contribution in [0, 0.1) is 6.92 Å². The number of fused-ring (bicyclic) bond motifs is 1. The number of thiophene rings is 1. The van der Waals surface area contributed by atoms with Crippen molar-refractivity contribution < 1.29 is 19.4 Å². The lowest BCUT2D eigenvalue weighted by Gasteiger charge is -2.28. The maximum Gasteiger partial charge on any atom is 0.348 e. The van der Waals surface area contributed by atoms with Gasteiger partial charge in [0.25, 0.3) is 5.56 Å². The van der Waals surface area contributed by atoms with Gasteiger partial charge in [0.1, 0.15) is 15.5 Å². The molecule has 0 saturated carbocycles. The minimum Gasteiger partial charge on any atom is -0.462 e. The first-order valence-electron chi connectivity index (χ1n) is 11.0. The quantitative estimate of drug-likeness (QED) is 0.412. The monoisotopic (exact) mass is 473 g/mol. The van der Waals surface area contributed by atoms with Gasteiger partial charge >= 0.3 is 5.97 Å². The van der Waals surface area contributed by atoms with Gasteiger partial charge in [-0.25, -0.2) is 9.78 Å². The Hall–Kier alpha value is -2.59. The fourth-order valence-corrected chi connectivity index (χ4v) is 4.61. The van der Waals surface area contributed by atoms with Crippen molar-refractivity contribution >= 4 is 27.5 Å². The number of H-pyrrole nitrogens is 1. The number of carbonyl (C=O) groups is 1. The summed E-state index contributed by atoms with van der Waals surface area (Å²) in [5, 5.41) is 10.9. The molecule has 178 valence electrons. The molecule has 2 aromatic heterocycles. The van der Waals surface area contributed by atoms with Crippen molar-refractivity contribution in [1.29, 1.82) is 0 Å². The van der Waals surface area contributed by atoms with Gasteiger partial charge in [0, 0.05) is 12.6 Å².